The average Bonchev–Trinajstić information content (AvgIpc) is 3.47. The molecule has 1 aliphatic heterocycles. The lowest BCUT2D eigenvalue weighted by Gasteiger charge is -2.40. The average molecular weight is 358 g/mol. The third kappa shape index (κ3) is 2.96. The van der Waals surface area contributed by atoms with Crippen LogP contribution >= 0.6 is 0 Å². The fraction of sp³-hybridized carbons (Fsp3) is 0.600. The molecule has 0 bridgehead atoms. The summed E-state index contributed by atoms with van der Waals surface area (Å²) in [5, 5.41) is 3.06. The molecular weight excluding hydrogens is 332 g/mol. The molecule has 26 heavy (non-hydrogen) atoms. The number of ether oxygens (including phenoxy) is 2. The smallest absolute Gasteiger partial charge is 0.324 e. The summed E-state index contributed by atoms with van der Waals surface area (Å²) in [5.41, 5.74) is 1.90. The first-order valence-electron chi connectivity index (χ1n) is 9.40. The maximum absolute atomic E-state index is 12.4. The molecule has 0 radical (unpaired) electrons. The minimum atomic E-state index is -0.459. The zero-order chi connectivity index (χ0) is 18.3. The molecular formula is C20H26N2O4. The standard InChI is InChI=1S/C20H26N2O4/c1-22(12-23)19(24)21-18-16-11-14(13-3-4-13)5-6-17(16)26-20(18)9-7-15(25-2)8-10-20/h5-6,11-13,15,18H,3-4,7-10H2,1-2H3,(H,21,24). The van der Waals surface area contributed by atoms with Gasteiger partial charge in [-0.1, -0.05) is 6.07 Å². The highest BCUT2D eigenvalue weighted by atomic mass is 16.5. The van der Waals surface area contributed by atoms with Gasteiger partial charge in [0, 0.05) is 19.7 Å². The molecule has 1 atom stereocenters. The fourth-order valence-corrected chi connectivity index (χ4v) is 4.31. The predicted molar refractivity (Wildman–Crippen MR) is 96.1 cm³/mol. The van der Waals surface area contributed by atoms with Crippen LogP contribution in [0.1, 0.15) is 61.6 Å². The van der Waals surface area contributed by atoms with E-state index in [2.05, 4.69) is 17.4 Å². The summed E-state index contributed by atoms with van der Waals surface area (Å²) in [4.78, 5) is 24.4. The summed E-state index contributed by atoms with van der Waals surface area (Å²) in [7, 11) is 3.21. The van der Waals surface area contributed by atoms with Crippen molar-refractivity contribution in [2.45, 2.75) is 62.2 Å². The molecule has 6 nitrogen and oxygen atoms in total. The van der Waals surface area contributed by atoms with E-state index < -0.39 is 11.6 Å². The molecule has 140 valence electrons. The van der Waals surface area contributed by atoms with Crippen molar-refractivity contribution in [1.29, 1.82) is 0 Å². The van der Waals surface area contributed by atoms with Crippen LogP contribution in [-0.2, 0) is 9.53 Å². The minimum Gasteiger partial charge on any atom is -0.484 e. The zero-order valence-electron chi connectivity index (χ0n) is 15.4. The van der Waals surface area contributed by atoms with Gasteiger partial charge in [0.1, 0.15) is 11.4 Å². The van der Waals surface area contributed by atoms with Crippen LogP contribution in [0, 0.1) is 0 Å². The zero-order valence-corrected chi connectivity index (χ0v) is 15.4. The van der Waals surface area contributed by atoms with Crippen molar-refractivity contribution in [2.75, 3.05) is 14.2 Å². The van der Waals surface area contributed by atoms with Crippen molar-refractivity contribution in [2.24, 2.45) is 0 Å². The van der Waals surface area contributed by atoms with Crippen molar-refractivity contribution in [3.63, 3.8) is 0 Å². The number of nitrogens with zero attached hydrogens (tertiary/aromatic N) is 1. The lowest BCUT2D eigenvalue weighted by molar-refractivity contribution is -0.114. The van der Waals surface area contributed by atoms with E-state index in [4.69, 9.17) is 9.47 Å². The van der Waals surface area contributed by atoms with E-state index in [1.807, 2.05) is 6.07 Å². The monoisotopic (exact) mass is 358 g/mol. The molecule has 1 N–H and O–H groups in total. The van der Waals surface area contributed by atoms with Crippen molar-refractivity contribution in [3.8, 4) is 5.75 Å². The molecule has 6 heteroatoms. The predicted octanol–water partition coefficient (Wildman–Crippen LogP) is 3.12. The van der Waals surface area contributed by atoms with Gasteiger partial charge in [0.2, 0.25) is 6.41 Å². The normalized spacial score (nSPS) is 29.8. The second-order valence-electron chi connectivity index (χ2n) is 7.77. The van der Waals surface area contributed by atoms with Crippen LogP contribution in [0.2, 0.25) is 0 Å². The molecule has 2 fully saturated rings. The van der Waals surface area contributed by atoms with Crippen LogP contribution in [0.15, 0.2) is 18.2 Å². The molecule has 0 saturated heterocycles. The Balaban J connectivity index is 1.65. The van der Waals surface area contributed by atoms with E-state index in [0.717, 1.165) is 41.9 Å². The molecule has 1 aromatic rings. The van der Waals surface area contributed by atoms with Crippen LogP contribution < -0.4 is 10.1 Å². The number of benzene rings is 1. The molecule has 2 aliphatic carbocycles. The summed E-state index contributed by atoms with van der Waals surface area (Å²) in [6, 6.07) is 5.74. The van der Waals surface area contributed by atoms with Crippen LogP contribution in [0.5, 0.6) is 5.75 Å². The van der Waals surface area contributed by atoms with Crippen molar-refractivity contribution >= 4 is 12.4 Å². The highest BCUT2D eigenvalue weighted by Crippen LogP contribution is 2.52. The Kier molecular flexibility index (Phi) is 4.39. The van der Waals surface area contributed by atoms with E-state index in [0.29, 0.717) is 12.3 Å². The number of fused-ring (bicyclic) bond motifs is 1. The SMILES string of the molecule is COC1CCC2(CC1)Oc1ccc(C3CC3)cc1C2NC(=O)N(C)C=O. The van der Waals surface area contributed by atoms with Gasteiger partial charge in [-0.2, -0.15) is 0 Å². The second kappa shape index (κ2) is 6.58. The Morgan fingerprint density at radius 1 is 1.31 bits per heavy atom. The van der Waals surface area contributed by atoms with Crippen LogP contribution in [0.4, 0.5) is 4.79 Å². The van der Waals surface area contributed by atoms with E-state index in [1.165, 1.54) is 25.5 Å². The van der Waals surface area contributed by atoms with Crippen LogP contribution in [0.3, 0.4) is 0 Å². The first-order chi connectivity index (χ1) is 12.6. The number of urea groups is 1. The van der Waals surface area contributed by atoms with Gasteiger partial charge in [-0.25, -0.2) is 4.79 Å². The first-order valence-corrected chi connectivity index (χ1v) is 9.40. The van der Waals surface area contributed by atoms with Gasteiger partial charge in [0.15, 0.2) is 0 Å². The number of carbonyl (C=O) groups excluding carboxylic acids is 2. The third-order valence-electron chi connectivity index (χ3n) is 6.09. The van der Waals surface area contributed by atoms with E-state index in [9.17, 15) is 9.59 Å². The van der Waals surface area contributed by atoms with Crippen LogP contribution in [-0.4, -0.2) is 43.2 Å². The Morgan fingerprint density at radius 3 is 2.65 bits per heavy atom. The molecule has 1 unspecified atom stereocenters. The van der Waals surface area contributed by atoms with E-state index in [-0.39, 0.29) is 12.1 Å². The van der Waals surface area contributed by atoms with Crippen molar-refractivity contribution < 1.29 is 19.1 Å². The van der Waals surface area contributed by atoms with Gasteiger partial charge in [-0.05, 0) is 62.1 Å². The molecule has 4 rings (SSSR count). The quantitative estimate of drug-likeness (QED) is 0.840. The van der Waals surface area contributed by atoms with E-state index in [1.54, 1.807) is 7.11 Å². The van der Waals surface area contributed by atoms with Crippen molar-refractivity contribution in [1.82, 2.24) is 10.2 Å². The van der Waals surface area contributed by atoms with Gasteiger partial charge < -0.3 is 14.8 Å². The van der Waals surface area contributed by atoms with Gasteiger partial charge in [0.25, 0.3) is 0 Å². The first kappa shape index (κ1) is 17.3. The van der Waals surface area contributed by atoms with Gasteiger partial charge in [0.05, 0.1) is 12.1 Å². The lowest BCUT2D eigenvalue weighted by Crippen LogP contribution is -2.51. The number of hydrogen-bond acceptors (Lipinski definition) is 4. The molecule has 0 aromatic heterocycles. The second-order valence-corrected chi connectivity index (χ2v) is 7.77. The number of amides is 3. The van der Waals surface area contributed by atoms with E-state index >= 15 is 0 Å². The summed E-state index contributed by atoms with van der Waals surface area (Å²) < 4.78 is 11.9. The largest absolute Gasteiger partial charge is 0.484 e. The van der Waals surface area contributed by atoms with Crippen molar-refractivity contribution in [3.05, 3.63) is 29.3 Å². The molecule has 3 aliphatic rings. The Hall–Kier alpha value is -2.08. The highest BCUT2D eigenvalue weighted by Gasteiger charge is 2.51. The summed E-state index contributed by atoms with van der Waals surface area (Å²) in [6.07, 6.45) is 6.65. The maximum atomic E-state index is 12.4. The molecule has 1 aromatic carbocycles. The molecule has 1 heterocycles. The number of carbonyl (C=O) groups is 2. The number of imide groups is 1. The van der Waals surface area contributed by atoms with Crippen LogP contribution in [0.25, 0.3) is 0 Å². The number of rotatable bonds is 4. The highest BCUT2D eigenvalue weighted by molar-refractivity contribution is 5.84. The number of methoxy groups -OCH3 is 1. The fourth-order valence-electron chi connectivity index (χ4n) is 4.31. The van der Waals surface area contributed by atoms with Gasteiger partial charge in [-0.3, -0.25) is 9.69 Å². The summed E-state index contributed by atoms with van der Waals surface area (Å²) >= 11 is 0. The number of hydrogen-bond donors (Lipinski definition) is 1. The topological polar surface area (TPSA) is 67.9 Å². The van der Waals surface area contributed by atoms with Gasteiger partial charge >= 0.3 is 6.03 Å². The lowest BCUT2D eigenvalue weighted by atomic mass is 9.77. The Labute approximate surface area is 153 Å². The molecule has 3 amide bonds. The maximum Gasteiger partial charge on any atom is 0.324 e. The molecule has 2 saturated carbocycles. The summed E-state index contributed by atoms with van der Waals surface area (Å²) in [5.74, 6) is 1.49. The Bertz CT molecular complexity index is 708. The molecule has 1 spiro atoms. The minimum absolute atomic E-state index is 0.240. The number of nitrogens with one attached hydrogen (secondary N) is 1. The Morgan fingerprint density at radius 2 is 2.04 bits per heavy atom. The summed E-state index contributed by atoms with van der Waals surface area (Å²) in [6.45, 7) is 0. The van der Waals surface area contributed by atoms with Gasteiger partial charge in [-0.15, -0.1) is 0 Å². The third-order valence-corrected chi connectivity index (χ3v) is 6.09.